The van der Waals surface area contributed by atoms with Crippen LogP contribution in [0, 0.1) is 16.7 Å². The molecule has 6 heteroatoms. The van der Waals surface area contributed by atoms with E-state index in [4.69, 9.17) is 4.89 Å². The Balaban J connectivity index is 3.99. The van der Waals surface area contributed by atoms with Crippen LogP contribution in [-0.4, -0.2) is 11.9 Å². The van der Waals surface area contributed by atoms with Crippen LogP contribution in [0.4, 0.5) is 0 Å². The summed E-state index contributed by atoms with van der Waals surface area (Å²) in [5, 5.41) is 8.68. The van der Waals surface area contributed by atoms with E-state index in [1.54, 1.807) is 0 Å². The Kier molecular flexibility index (Phi) is 15.0. The molecule has 30 heavy (non-hydrogen) atoms. The highest BCUT2D eigenvalue weighted by Gasteiger charge is 2.22. The van der Waals surface area contributed by atoms with E-state index in [1.165, 1.54) is 0 Å². The SMILES string of the molecule is CCCCC(CCCCC(C)(C)C)C(=O)OOOOC(=O)CCCCCC(C)(C)C. The van der Waals surface area contributed by atoms with Crippen LogP contribution in [-0.2, 0) is 29.4 Å². The van der Waals surface area contributed by atoms with Crippen molar-refractivity contribution >= 4 is 11.9 Å². The van der Waals surface area contributed by atoms with Gasteiger partial charge < -0.3 is 0 Å². The van der Waals surface area contributed by atoms with Crippen LogP contribution in [0.25, 0.3) is 0 Å². The molecule has 1 unspecified atom stereocenters. The van der Waals surface area contributed by atoms with Gasteiger partial charge in [0.15, 0.2) is 0 Å². The van der Waals surface area contributed by atoms with E-state index in [-0.39, 0.29) is 12.3 Å². The van der Waals surface area contributed by atoms with Gasteiger partial charge in [-0.3, -0.25) is 9.78 Å². The van der Waals surface area contributed by atoms with Crippen molar-refractivity contribution in [3.63, 3.8) is 0 Å². The summed E-state index contributed by atoms with van der Waals surface area (Å²) in [6.45, 7) is 15.3. The summed E-state index contributed by atoms with van der Waals surface area (Å²) in [6.07, 6.45) is 10.7. The lowest BCUT2D eigenvalue weighted by molar-refractivity contribution is -0.600. The fraction of sp³-hybridized carbons (Fsp3) is 0.917. The number of hydrogen-bond acceptors (Lipinski definition) is 6. The molecule has 0 N–H and O–H groups in total. The largest absolute Gasteiger partial charge is 0.348 e. The third-order valence-electron chi connectivity index (χ3n) is 5.05. The van der Waals surface area contributed by atoms with Gasteiger partial charge in [-0.25, -0.2) is 9.59 Å². The molecule has 0 aromatic rings. The highest BCUT2D eigenvalue weighted by atomic mass is 17.7. The van der Waals surface area contributed by atoms with Crippen molar-refractivity contribution in [2.24, 2.45) is 16.7 Å². The first-order valence-electron chi connectivity index (χ1n) is 11.7. The normalized spacial score (nSPS) is 13.2. The molecule has 178 valence electrons. The summed E-state index contributed by atoms with van der Waals surface area (Å²) in [7, 11) is 0. The highest BCUT2D eigenvalue weighted by molar-refractivity contribution is 5.71. The molecule has 0 fully saturated rings. The van der Waals surface area contributed by atoms with Gasteiger partial charge in [-0.15, -0.1) is 0 Å². The van der Waals surface area contributed by atoms with Crippen molar-refractivity contribution in [1.82, 2.24) is 0 Å². The molecule has 0 radical (unpaired) electrons. The molecule has 0 rings (SSSR count). The Morgan fingerprint density at radius 2 is 1.23 bits per heavy atom. The third kappa shape index (κ3) is 18.9. The second kappa shape index (κ2) is 15.6. The highest BCUT2D eigenvalue weighted by Crippen LogP contribution is 2.25. The van der Waals surface area contributed by atoms with E-state index in [0.717, 1.165) is 70.6 Å². The summed E-state index contributed by atoms with van der Waals surface area (Å²) in [6, 6.07) is 0. The number of carbonyl (C=O) groups is 2. The fourth-order valence-corrected chi connectivity index (χ4v) is 3.19. The zero-order chi connectivity index (χ0) is 23.0. The number of unbranched alkanes of at least 4 members (excludes halogenated alkanes) is 4. The molecule has 0 aromatic heterocycles. The maximum Gasteiger partial charge on any atom is 0.348 e. The lowest BCUT2D eigenvalue weighted by atomic mass is 9.88. The van der Waals surface area contributed by atoms with Crippen molar-refractivity contribution in [3.05, 3.63) is 0 Å². The van der Waals surface area contributed by atoms with Crippen LogP contribution < -0.4 is 0 Å². The van der Waals surface area contributed by atoms with Crippen LogP contribution >= 0.6 is 0 Å². The molecule has 1 atom stereocenters. The van der Waals surface area contributed by atoms with E-state index in [0.29, 0.717) is 10.8 Å². The van der Waals surface area contributed by atoms with Crippen LogP contribution in [0.5, 0.6) is 0 Å². The van der Waals surface area contributed by atoms with Gasteiger partial charge in [0.25, 0.3) is 0 Å². The molecule has 0 aliphatic carbocycles. The van der Waals surface area contributed by atoms with Crippen molar-refractivity contribution < 1.29 is 29.4 Å². The average molecular weight is 431 g/mol. The Morgan fingerprint density at radius 1 is 0.700 bits per heavy atom. The van der Waals surface area contributed by atoms with Gasteiger partial charge >= 0.3 is 11.9 Å². The summed E-state index contributed by atoms with van der Waals surface area (Å²) in [4.78, 5) is 33.0. The lowest BCUT2D eigenvalue weighted by Gasteiger charge is -2.19. The van der Waals surface area contributed by atoms with Gasteiger partial charge in [0, 0.05) is 16.5 Å². The van der Waals surface area contributed by atoms with Crippen molar-refractivity contribution in [2.75, 3.05) is 0 Å². The first-order valence-corrected chi connectivity index (χ1v) is 11.7. The Bertz CT molecular complexity index is 461. The molecule has 0 saturated carbocycles. The Hall–Kier alpha value is -1.14. The van der Waals surface area contributed by atoms with E-state index in [9.17, 15) is 9.59 Å². The predicted octanol–water partition coefficient (Wildman–Crippen LogP) is 7.26. The van der Waals surface area contributed by atoms with Crippen LogP contribution in [0.3, 0.4) is 0 Å². The van der Waals surface area contributed by atoms with Gasteiger partial charge in [-0.2, -0.15) is 0 Å². The number of hydrogen-bond donors (Lipinski definition) is 0. The molecule has 0 saturated heterocycles. The van der Waals surface area contributed by atoms with E-state index >= 15 is 0 Å². The molecular formula is C24H46O6. The van der Waals surface area contributed by atoms with E-state index < -0.39 is 11.9 Å². The quantitative estimate of drug-likeness (QED) is 0.146. The minimum atomic E-state index is -0.536. The van der Waals surface area contributed by atoms with Gasteiger partial charge in [0.1, 0.15) is 0 Å². The summed E-state index contributed by atoms with van der Waals surface area (Å²) < 4.78 is 0. The first-order chi connectivity index (χ1) is 13.9. The average Bonchev–Trinajstić information content (AvgIpc) is 2.62. The molecule has 0 amide bonds. The molecule has 0 aromatic carbocycles. The fourth-order valence-electron chi connectivity index (χ4n) is 3.19. The van der Waals surface area contributed by atoms with E-state index in [1.807, 2.05) is 0 Å². The van der Waals surface area contributed by atoms with Crippen molar-refractivity contribution in [2.45, 2.75) is 126 Å². The van der Waals surface area contributed by atoms with Crippen LogP contribution in [0.15, 0.2) is 0 Å². The van der Waals surface area contributed by atoms with Gasteiger partial charge in [-0.05, 0) is 42.9 Å². The lowest BCUT2D eigenvalue weighted by Crippen LogP contribution is -2.19. The zero-order valence-corrected chi connectivity index (χ0v) is 20.5. The third-order valence-corrected chi connectivity index (χ3v) is 5.05. The van der Waals surface area contributed by atoms with Gasteiger partial charge in [0.2, 0.25) is 0 Å². The van der Waals surface area contributed by atoms with Gasteiger partial charge in [-0.1, -0.05) is 87.0 Å². The standard InChI is InChI=1S/C24H46O6/c1-8-9-15-20(16-12-14-19-24(5,6)7)22(26)28-30-29-27-21(25)17-11-10-13-18-23(2,3)4/h20H,8-19H2,1-7H3. The van der Waals surface area contributed by atoms with E-state index in [2.05, 4.69) is 63.4 Å². The second-order valence-electron chi connectivity index (χ2n) is 10.8. The minimum Gasteiger partial charge on any atom is -0.266 e. The smallest absolute Gasteiger partial charge is 0.266 e. The number of carbonyl (C=O) groups excluding carboxylic acids is 2. The number of rotatable bonds is 16. The zero-order valence-electron chi connectivity index (χ0n) is 20.5. The Labute approximate surface area is 184 Å². The summed E-state index contributed by atoms with van der Waals surface area (Å²) in [5.41, 5.74) is 0.607. The van der Waals surface area contributed by atoms with Crippen molar-refractivity contribution in [3.8, 4) is 0 Å². The summed E-state index contributed by atoms with van der Waals surface area (Å²) in [5.74, 6) is -1.24. The summed E-state index contributed by atoms with van der Waals surface area (Å²) >= 11 is 0. The molecule has 0 aliphatic heterocycles. The minimum absolute atomic E-state index is 0.230. The molecule has 0 aliphatic rings. The van der Waals surface area contributed by atoms with Gasteiger partial charge in [0.05, 0.1) is 5.92 Å². The monoisotopic (exact) mass is 430 g/mol. The topological polar surface area (TPSA) is 71.1 Å². The second-order valence-corrected chi connectivity index (χ2v) is 10.8. The van der Waals surface area contributed by atoms with Crippen molar-refractivity contribution in [1.29, 1.82) is 0 Å². The first kappa shape index (κ1) is 28.9. The molecule has 6 nitrogen and oxygen atoms in total. The molecule has 0 bridgehead atoms. The Morgan fingerprint density at radius 3 is 1.80 bits per heavy atom. The van der Waals surface area contributed by atoms with Crippen LogP contribution in [0.2, 0.25) is 0 Å². The molecular weight excluding hydrogens is 384 g/mol. The maximum atomic E-state index is 12.2. The maximum absolute atomic E-state index is 12.2. The molecule has 0 spiro atoms. The molecule has 0 heterocycles. The predicted molar refractivity (Wildman–Crippen MR) is 118 cm³/mol. The van der Waals surface area contributed by atoms with Crippen LogP contribution in [0.1, 0.15) is 126 Å².